The highest BCUT2D eigenvalue weighted by molar-refractivity contribution is 6.30. The third-order valence-corrected chi connectivity index (χ3v) is 4.25. The lowest BCUT2D eigenvalue weighted by atomic mass is 10.0. The first-order valence-corrected chi connectivity index (χ1v) is 7.44. The van der Waals surface area contributed by atoms with Gasteiger partial charge in [0, 0.05) is 5.02 Å². The average molecular weight is 298 g/mol. The van der Waals surface area contributed by atoms with E-state index < -0.39 is 0 Å². The second kappa shape index (κ2) is 5.75. The van der Waals surface area contributed by atoms with Gasteiger partial charge in [0.1, 0.15) is 17.6 Å². The van der Waals surface area contributed by atoms with Gasteiger partial charge >= 0.3 is 0 Å². The van der Waals surface area contributed by atoms with E-state index in [0.29, 0.717) is 17.5 Å². The fourth-order valence-electron chi connectivity index (χ4n) is 2.66. The topological polar surface area (TPSA) is 48.7 Å². The molecule has 3 unspecified atom stereocenters. The van der Waals surface area contributed by atoms with Gasteiger partial charge in [0.2, 0.25) is 0 Å². The molecule has 3 atom stereocenters. The zero-order chi connectivity index (χ0) is 14.8. The molecule has 0 spiro atoms. The summed E-state index contributed by atoms with van der Waals surface area (Å²) in [4.78, 5) is 4.31. The van der Waals surface area contributed by atoms with E-state index in [2.05, 4.69) is 35.4 Å². The van der Waals surface area contributed by atoms with E-state index in [0.717, 1.165) is 10.8 Å². The highest BCUT2D eigenvalue weighted by Crippen LogP contribution is 2.48. The number of nitriles is 1. The quantitative estimate of drug-likeness (QED) is 0.909. The molecular weight excluding hydrogens is 282 g/mol. The van der Waals surface area contributed by atoms with Crippen LogP contribution in [0.1, 0.15) is 30.6 Å². The summed E-state index contributed by atoms with van der Waals surface area (Å²) in [6, 6.07) is 15.7. The molecule has 106 valence electrons. The number of nitrogens with one attached hydrogen (secondary N) is 1. The molecule has 2 aromatic rings. The van der Waals surface area contributed by atoms with E-state index in [1.165, 1.54) is 12.0 Å². The zero-order valence-corrected chi connectivity index (χ0v) is 12.5. The van der Waals surface area contributed by atoms with Crippen LogP contribution in [0.2, 0.25) is 5.02 Å². The molecule has 1 aromatic carbocycles. The van der Waals surface area contributed by atoms with Gasteiger partial charge in [-0.15, -0.1) is 0 Å². The summed E-state index contributed by atoms with van der Waals surface area (Å²) < 4.78 is 0. The third kappa shape index (κ3) is 3.17. The van der Waals surface area contributed by atoms with Crippen LogP contribution in [0.3, 0.4) is 0 Å². The standard InChI is InChI=1S/C17H16ClN3/c1-11-9-15(11)17(12-5-7-13(18)8-6-12)21-16-4-2-3-14(10-19)20-16/h2-8,11,15,17H,9H2,1H3,(H,20,21). The Balaban J connectivity index is 1.86. The lowest BCUT2D eigenvalue weighted by Crippen LogP contribution is -2.15. The Kier molecular flexibility index (Phi) is 3.81. The predicted molar refractivity (Wildman–Crippen MR) is 84.0 cm³/mol. The molecule has 1 saturated carbocycles. The molecule has 0 radical (unpaired) electrons. The molecule has 3 rings (SSSR count). The molecule has 1 aliphatic rings. The van der Waals surface area contributed by atoms with Gasteiger partial charge in [0.05, 0.1) is 6.04 Å². The Hall–Kier alpha value is -2.05. The first-order chi connectivity index (χ1) is 10.2. The van der Waals surface area contributed by atoms with Crippen molar-refractivity contribution in [2.45, 2.75) is 19.4 Å². The molecule has 1 aromatic heterocycles. The van der Waals surface area contributed by atoms with Crippen LogP contribution in [-0.2, 0) is 0 Å². The first-order valence-electron chi connectivity index (χ1n) is 7.06. The maximum atomic E-state index is 8.95. The molecule has 3 nitrogen and oxygen atoms in total. The van der Waals surface area contributed by atoms with E-state index >= 15 is 0 Å². The highest BCUT2D eigenvalue weighted by atomic mass is 35.5. The van der Waals surface area contributed by atoms with Crippen molar-refractivity contribution in [3.05, 3.63) is 58.7 Å². The Morgan fingerprint density at radius 1 is 1.29 bits per heavy atom. The van der Waals surface area contributed by atoms with Gasteiger partial charge < -0.3 is 5.32 Å². The van der Waals surface area contributed by atoms with Crippen LogP contribution in [0.25, 0.3) is 0 Å². The molecule has 0 bridgehead atoms. The summed E-state index contributed by atoms with van der Waals surface area (Å²) in [6.45, 7) is 2.26. The van der Waals surface area contributed by atoms with Crippen LogP contribution < -0.4 is 5.32 Å². The molecule has 0 amide bonds. The van der Waals surface area contributed by atoms with Gasteiger partial charge in [-0.3, -0.25) is 0 Å². The molecule has 4 heteroatoms. The summed E-state index contributed by atoms with van der Waals surface area (Å²) in [5, 5.41) is 13.2. The van der Waals surface area contributed by atoms with Gasteiger partial charge in [-0.2, -0.15) is 5.26 Å². The van der Waals surface area contributed by atoms with Crippen molar-refractivity contribution in [2.75, 3.05) is 5.32 Å². The third-order valence-electron chi connectivity index (χ3n) is 4.00. The normalized spacial score (nSPS) is 21.4. The fourth-order valence-corrected chi connectivity index (χ4v) is 2.79. The van der Waals surface area contributed by atoms with Crippen molar-refractivity contribution >= 4 is 17.4 Å². The molecule has 1 N–H and O–H groups in total. The molecular formula is C17H16ClN3. The van der Waals surface area contributed by atoms with Crippen molar-refractivity contribution in [1.29, 1.82) is 5.26 Å². The zero-order valence-electron chi connectivity index (χ0n) is 11.8. The number of nitrogens with zero attached hydrogens (tertiary/aromatic N) is 2. The number of halogens is 1. The summed E-state index contributed by atoms with van der Waals surface area (Å²) in [6.07, 6.45) is 1.21. The number of hydrogen-bond acceptors (Lipinski definition) is 3. The smallest absolute Gasteiger partial charge is 0.142 e. The fraction of sp³-hybridized carbons (Fsp3) is 0.294. The maximum Gasteiger partial charge on any atom is 0.142 e. The summed E-state index contributed by atoms with van der Waals surface area (Å²) >= 11 is 5.97. The lowest BCUT2D eigenvalue weighted by Gasteiger charge is -2.20. The Bertz CT molecular complexity index is 675. The Morgan fingerprint density at radius 2 is 2.00 bits per heavy atom. The predicted octanol–water partition coefficient (Wildman–Crippen LogP) is 4.42. The largest absolute Gasteiger partial charge is 0.363 e. The average Bonchev–Trinajstić information content (AvgIpc) is 3.23. The van der Waals surface area contributed by atoms with Crippen molar-refractivity contribution in [2.24, 2.45) is 11.8 Å². The van der Waals surface area contributed by atoms with Crippen molar-refractivity contribution in [1.82, 2.24) is 4.98 Å². The minimum absolute atomic E-state index is 0.207. The minimum Gasteiger partial charge on any atom is -0.363 e. The second-order valence-corrected chi connectivity index (χ2v) is 6.01. The second-order valence-electron chi connectivity index (χ2n) is 5.57. The summed E-state index contributed by atoms with van der Waals surface area (Å²) in [5.74, 6) is 2.05. The van der Waals surface area contributed by atoms with Crippen LogP contribution in [0.4, 0.5) is 5.82 Å². The number of rotatable bonds is 4. The van der Waals surface area contributed by atoms with Crippen LogP contribution in [-0.4, -0.2) is 4.98 Å². The number of pyridine rings is 1. The van der Waals surface area contributed by atoms with Gasteiger partial charge in [-0.1, -0.05) is 36.7 Å². The number of hydrogen-bond donors (Lipinski definition) is 1. The van der Waals surface area contributed by atoms with Crippen LogP contribution in [0.5, 0.6) is 0 Å². The van der Waals surface area contributed by atoms with E-state index in [1.54, 1.807) is 6.07 Å². The van der Waals surface area contributed by atoms with Crippen molar-refractivity contribution < 1.29 is 0 Å². The Morgan fingerprint density at radius 3 is 2.62 bits per heavy atom. The SMILES string of the molecule is CC1CC1C(Nc1cccc(C#N)n1)c1ccc(Cl)cc1. The van der Waals surface area contributed by atoms with Crippen molar-refractivity contribution in [3.63, 3.8) is 0 Å². The Labute approximate surface area is 129 Å². The molecule has 21 heavy (non-hydrogen) atoms. The van der Waals surface area contributed by atoms with Crippen LogP contribution >= 0.6 is 11.6 Å². The molecule has 1 aliphatic carbocycles. The molecule has 1 heterocycles. The van der Waals surface area contributed by atoms with Crippen LogP contribution in [0.15, 0.2) is 42.5 Å². The van der Waals surface area contributed by atoms with Gasteiger partial charge in [-0.05, 0) is 48.1 Å². The van der Waals surface area contributed by atoms with Gasteiger partial charge in [0.25, 0.3) is 0 Å². The van der Waals surface area contributed by atoms with Gasteiger partial charge in [0.15, 0.2) is 0 Å². The molecule has 1 fully saturated rings. The van der Waals surface area contributed by atoms with E-state index in [1.807, 2.05) is 24.3 Å². The monoisotopic (exact) mass is 297 g/mol. The van der Waals surface area contributed by atoms with E-state index in [4.69, 9.17) is 16.9 Å². The summed E-state index contributed by atoms with van der Waals surface area (Å²) in [5.41, 5.74) is 1.64. The minimum atomic E-state index is 0.207. The lowest BCUT2D eigenvalue weighted by molar-refractivity contribution is 0.629. The maximum absolute atomic E-state index is 8.95. The summed E-state index contributed by atoms with van der Waals surface area (Å²) in [7, 11) is 0. The van der Waals surface area contributed by atoms with Crippen molar-refractivity contribution in [3.8, 4) is 6.07 Å². The number of anilines is 1. The molecule has 0 aliphatic heterocycles. The molecule has 0 saturated heterocycles. The number of aromatic nitrogens is 1. The first kappa shape index (κ1) is 13.9. The van der Waals surface area contributed by atoms with E-state index in [9.17, 15) is 0 Å². The van der Waals surface area contributed by atoms with Crippen LogP contribution in [0, 0.1) is 23.2 Å². The highest BCUT2D eigenvalue weighted by Gasteiger charge is 2.40. The van der Waals surface area contributed by atoms with Gasteiger partial charge in [-0.25, -0.2) is 4.98 Å². The van der Waals surface area contributed by atoms with E-state index in [-0.39, 0.29) is 6.04 Å². The number of benzene rings is 1.